The molecular weight excluding hydrogens is 1000 g/mol. The lowest BCUT2D eigenvalue weighted by Crippen LogP contribution is -2.09. The van der Waals surface area contributed by atoms with E-state index in [1.807, 2.05) is 30.4 Å². The highest BCUT2D eigenvalue weighted by atomic mass is 16.3. The number of aromatic nitrogens is 1. The second kappa shape index (κ2) is 20.6. The Balaban J connectivity index is 0.770. The lowest BCUT2D eigenvalue weighted by atomic mass is 9.95. The zero-order valence-corrected chi connectivity index (χ0v) is 45.6. The molecule has 0 aliphatic carbocycles. The van der Waals surface area contributed by atoms with Crippen LogP contribution in [0.4, 0.5) is 17.1 Å². The first-order chi connectivity index (χ1) is 41.0. The Morgan fingerprint density at radius 2 is 0.807 bits per heavy atom. The third-order valence-electron chi connectivity index (χ3n) is 16.5. The topological polar surface area (TPSA) is 21.3 Å². The molecule has 15 rings (SSSR count). The highest BCUT2D eigenvalue weighted by molar-refractivity contribution is 6.11. The number of fused-ring (bicyclic) bond motifs is 8. The summed E-state index contributed by atoms with van der Waals surface area (Å²) in [4.78, 5) is 2.36. The Morgan fingerprint density at radius 1 is 0.349 bits per heavy atom. The van der Waals surface area contributed by atoms with E-state index in [9.17, 15) is 0 Å². The van der Waals surface area contributed by atoms with Crippen LogP contribution in [0.3, 0.4) is 0 Å². The highest BCUT2D eigenvalue weighted by Crippen LogP contribution is 2.42. The van der Waals surface area contributed by atoms with Crippen molar-refractivity contribution in [2.45, 2.75) is 0 Å². The summed E-state index contributed by atoms with van der Waals surface area (Å²) in [5.41, 5.74) is 22.1. The molecule has 2 aromatic heterocycles. The Morgan fingerprint density at radius 3 is 1.40 bits per heavy atom. The van der Waals surface area contributed by atoms with Crippen molar-refractivity contribution >= 4 is 87.9 Å². The fourth-order valence-electron chi connectivity index (χ4n) is 12.3. The molecule has 0 spiro atoms. The van der Waals surface area contributed by atoms with Gasteiger partial charge < -0.3 is 13.9 Å². The molecule has 83 heavy (non-hydrogen) atoms. The number of furan rings is 1. The van der Waals surface area contributed by atoms with Crippen LogP contribution < -0.4 is 4.90 Å². The molecule has 0 atom stereocenters. The molecule has 0 amide bonds. The molecule has 15 aromatic rings. The van der Waals surface area contributed by atoms with Gasteiger partial charge in [0, 0.05) is 49.9 Å². The monoisotopic (exact) mass is 1060 g/mol. The fourth-order valence-corrected chi connectivity index (χ4v) is 12.3. The molecule has 13 aromatic carbocycles. The predicted octanol–water partition coefficient (Wildman–Crippen LogP) is 22.5. The van der Waals surface area contributed by atoms with Crippen molar-refractivity contribution in [3.8, 4) is 61.3 Å². The molecule has 390 valence electrons. The summed E-state index contributed by atoms with van der Waals surface area (Å²) in [6, 6.07) is 104. The molecule has 3 nitrogen and oxygen atoms in total. The van der Waals surface area contributed by atoms with Crippen molar-refractivity contribution in [3.05, 3.63) is 322 Å². The van der Waals surface area contributed by atoms with E-state index in [2.05, 4.69) is 296 Å². The number of anilines is 3. The van der Waals surface area contributed by atoms with Gasteiger partial charge in [-0.15, -0.1) is 0 Å². The first-order valence-electron chi connectivity index (χ1n) is 28.3. The Hall–Kier alpha value is -11.0. The van der Waals surface area contributed by atoms with Gasteiger partial charge in [0.1, 0.15) is 11.2 Å². The van der Waals surface area contributed by atoms with Gasteiger partial charge in [-0.2, -0.15) is 0 Å². The number of rotatable bonds is 12. The van der Waals surface area contributed by atoms with Crippen LogP contribution in [0, 0.1) is 0 Å². The lowest BCUT2D eigenvalue weighted by molar-refractivity contribution is 0.670. The smallest absolute Gasteiger partial charge is 0.143 e. The van der Waals surface area contributed by atoms with Crippen LogP contribution >= 0.6 is 0 Å². The molecule has 0 radical (unpaired) electrons. The van der Waals surface area contributed by atoms with Crippen molar-refractivity contribution in [2.24, 2.45) is 0 Å². The lowest BCUT2D eigenvalue weighted by Gasteiger charge is -2.26. The molecule has 0 unspecified atom stereocenters. The molecule has 0 saturated carbocycles. The van der Waals surface area contributed by atoms with Crippen LogP contribution in [0.2, 0.25) is 0 Å². The summed E-state index contributed by atoms with van der Waals surface area (Å²) in [6.07, 6.45) is 5.70. The van der Waals surface area contributed by atoms with E-state index in [1.54, 1.807) is 0 Å². The molecule has 0 aliphatic heterocycles. The van der Waals surface area contributed by atoms with Crippen LogP contribution in [0.1, 0.15) is 5.56 Å². The zero-order chi connectivity index (χ0) is 55.4. The van der Waals surface area contributed by atoms with Gasteiger partial charge in [0.2, 0.25) is 0 Å². The minimum Gasteiger partial charge on any atom is -0.455 e. The normalized spacial score (nSPS) is 11.8. The van der Waals surface area contributed by atoms with Crippen LogP contribution in [-0.4, -0.2) is 4.57 Å². The number of nitrogens with zero attached hydrogens (tertiary/aromatic N) is 2. The van der Waals surface area contributed by atoms with Crippen LogP contribution in [0.15, 0.2) is 321 Å². The molecule has 2 heterocycles. The molecule has 0 aliphatic rings. The largest absolute Gasteiger partial charge is 0.455 e. The van der Waals surface area contributed by atoms with E-state index in [0.717, 1.165) is 100 Å². The van der Waals surface area contributed by atoms with Gasteiger partial charge in [0.25, 0.3) is 0 Å². The van der Waals surface area contributed by atoms with Gasteiger partial charge in [-0.3, -0.25) is 0 Å². The Bertz CT molecular complexity index is 5000. The van der Waals surface area contributed by atoms with Gasteiger partial charge >= 0.3 is 0 Å². The van der Waals surface area contributed by atoms with Crippen LogP contribution in [-0.2, 0) is 0 Å². The Labute approximate surface area is 482 Å². The van der Waals surface area contributed by atoms with Crippen molar-refractivity contribution in [1.82, 2.24) is 4.57 Å². The molecular formula is C80H54N2O. The maximum absolute atomic E-state index is 6.47. The molecule has 0 fully saturated rings. The number of benzene rings is 13. The summed E-state index contributed by atoms with van der Waals surface area (Å²) in [7, 11) is 0. The van der Waals surface area contributed by atoms with E-state index in [4.69, 9.17) is 4.42 Å². The third-order valence-corrected chi connectivity index (χ3v) is 16.5. The maximum atomic E-state index is 6.47. The number of hydrogen-bond acceptors (Lipinski definition) is 2. The molecule has 0 N–H and O–H groups in total. The third kappa shape index (κ3) is 8.89. The van der Waals surface area contributed by atoms with E-state index in [-0.39, 0.29) is 0 Å². The number of allylic oxidation sites excluding steroid dienone is 4. The van der Waals surface area contributed by atoms with E-state index in [1.165, 1.54) is 54.5 Å². The quantitative estimate of drug-likeness (QED) is 0.114. The van der Waals surface area contributed by atoms with Gasteiger partial charge in [-0.25, -0.2) is 0 Å². The van der Waals surface area contributed by atoms with Gasteiger partial charge in [0.15, 0.2) is 0 Å². The second-order valence-corrected chi connectivity index (χ2v) is 21.4. The SMILES string of the molecule is C=C/C=C(\C=C)c1ccc2ccc(-c3ccc4ccc(-c5ccc(N(c6ccc(-c7cccc(-c8cccc9c8oc8ccccc89)c7)cc6)c6ccc(-c7cccc(-n8c9ccccc9c9ccccc98)c7)cc6)cc5)cc4c3)cc2c1. The van der Waals surface area contributed by atoms with Crippen molar-refractivity contribution in [3.63, 3.8) is 0 Å². The summed E-state index contributed by atoms with van der Waals surface area (Å²) in [6.45, 7) is 7.94. The van der Waals surface area contributed by atoms with Gasteiger partial charge in [-0.1, -0.05) is 219 Å². The average molecular weight is 1060 g/mol. The summed E-state index contributed by atoms with van der Waals surface area (Å²) >= 11 is 0. The standard InChI is InChI=1S/C80H54N2O/c1-3-14-53(4-2)61-31-27-57-29-33-63(50-66(57)48-61)64-34-30-58-28-32-62(49-67(58)51-64)56-39-45-70(46-40-56)81(68-41-35-54(36-42-68)59-15-11-17-65(47-59)72-22-13-23-76-75-21-7-10-26-79(75)83-80(72)76)69-43-37-55(38-44-69)60-16-12-18-71(52-60)82-77-24-8-5-19-73(77)74-20-6-9-25-78(74)82/h3-52H,1-2H2/b53-14+. The average Bonchev–Trinajstić information content (AvgIpc) is 3.97. The summed E-state index contributed by atoms with van der Waals surface area (Å²) < 4.78 is 8.86. The van der Waals surface area contributed by atoms with Gasteiger partial charge in [0.05, 0.1) is 11.0 Å². The first kappa shape index (κ1) is 49.1. The Kier molecular flexibility index (Phi) is 12.2. The fraction of sp³-hybridized carbons (Fsp3) is 0. The minimum atomic E-state index is 0.900. The number of para-hydroxylation sites is 4. The molecule has 3 heteroatoms. The van der Waals surface area contributed by atoms with Gasteiger partial charge in [-0.05, 0) is 180 Å². The van der Waals surface area contributed by atoms with Crippen molar-refractivity contribution in [2.75, 3.05) is 4.90 Å². The second-order valence-electron chi connectivity index (χ2n) is 21.4. The summed E-state index contributed by atoms with van der Waals surface area (Å²) in [5.74, 6) is 0. The highest BCUT2D eigenvalue weighted by Gasteiger charge is 2.18. The van der Waals surface area contributed by atoms with E-state index < -0.39 is 0 Å². The first-order valence-corrected chi connectivity index (χ1v) is 28.3. The minimum absolute atomic E-state index is 0.900. The molecule has 0 saturated heterocycles. The van der Waals surface area contributed by atoms with Crippen molar-refractivity contribution in [1.29, 1.82) is 0 Å². The van der Waals surface area contributed by atoms with E-state index in [0.29, 0.717) is 0 Å². The van der Waals surface area contributed by atoms with Crippen LogP contribution in [0.5, 0.6) is 0 Å². The summed E-state index contributed by atoms with van der Waals surface area (Å²) in [5, 5.41) is 9.55. The zero-order valence-electron chi connectivity index (χ0n) is 45.6. The predicted molar refractivity (Wildman–Crippen MR) is 353 cm³/mol. The maximum Gasteiger partial charge on any atom is 0.143 e. The molecule has 0 bridgehead atoms. The van der Waals surface area contributed by atoms with Crippen molar-refractivity contribution < 1.29 is 4.42 Å². The number of hydrogen-bond donors (Lipinski definition) is 0. The van der Waals surface area contributed by atoms with E-state index >= 15 is 0 Å². The van der Waals surface area contributed by atoms with Crippen LogP contribution in [0.25, 0.3) is 132 Å².